The molecule has 1 aliphatic carbocycles. The van der Waals surface area contributed by atoms with Crippen LogP contribution in [0.3, 0.4) is 0 Å². The topological polar surface area (TPSA) is 24.5 Å². The first-order valence-corrected chi connectivity index (χ1v) is 6.66. The molecule has 16 heavy (non-hydrogen) atoms. The van der Waals surface area contributed by atoms with Crippen LogP contribution in [-0.2, 0) is 4.74 Å². The smallest absolute Gasteiger partial charge is 0.0753 e. The fraction of sp³-hybridized carbons (Fsp3) is 1.00. The minimum atomic E-state index is 0.0537. The lowest BCUT2D eigenvalue weighted by atomic mass is 9.89. The molecule has 0 radical (unpaired) electrons. The summed E-state index contributed by atoms with van der Waals surface area (Å²) in [6, 6.07) is 1.55. The second kappa shape index (κ2) is 5.03. The van der Waals surface area contributed by atoms with E-state index in [1.807, 2.05) is 0 Å². The SMILES string of the molecule is CNC1CCC(N2CCOC(C)(C)C2)CC1. The van der Waals surface area contributed by atoms with E-state index in [1.54, 1.807) is 0 Å². The van der Waals surface area contributed by atoms with Crippen LogP contribution in [0.25, 0.3) is 0 Å². The maximum atomic E-state index is 5.77. The molecule has 0 aromatic rings. The molecule has 1 saturated carbocycles. The number of hydrogen-bond acceptors (Lipinski definition) is 3. The Bertz CT molecular complexity index is 222. The maximum absolute atomic E-state index is 5.77. The Hall–Kier alpha value is -0.120. The number of ether oxygens (including phenoxy) is 1. The molecule has 94 valence electrons. The average Bonchev–Trinajstić information content (AvgIpc) is 2.28. The third-order valence-corrected chi connectivity index (χ3v) is 4.08. The van der Waals surface area contributed by atoms with Crippen LogP contribution >= 0.6 is 0 Å². The van der Waals surface area contributed by atoms with Crippen LogP contribution in [0.2, 0.25) is 0 Å². The molecular formula is C13H26N2O. The first kappa shape index (κ1) is 12.3. The van der Waals surface area contributed by atoms with E-state index in [0.29, 0.717) is 0 Å². The number of morpholine rings is 1. The third-order valence-electron chi connectivity index (χ3n) is 4.08. The van der Waals surface area contributed by atoms with Crippen molar-refractivity contribution in [3.05, 3.63) is 0 Å². The molecule has 0 bridgehead atoms. The van der Waals surface area contributed by atoms with Crippen molar-refractivity contribution >= 4 is 0 Å². The van der Waals surface area contributed by atoms with E-state index in [2.05, 4.69) is 31.1 Å². The standard InChI is InChI=1S/C13H26N2O/c1-13(2)10-15(8-9-16-13)12-6-4-11(14-3)5-7-12/h11-12,14H,4-10H2,1-3H3. The number of rotatable bonds is 2. The number of hydrogen-bond donors (Lipinski definition) is 1. The Labute approximate surface area is 99.5 Å². The summed E-state index contributed by atoms with van der Waals surface area (Å²) >= 11 is 0. The van der Waals surface area contributed by atoms with Gasteiger partial charge in [0.1, 0.15) is 0 Å². The van der Waals surface area contributed by atoms with Gasteiger partial charge >= 0.3 is 0 Å². The van der Waals surface area contributed by atoms with E-state index in [-0.39, 0.29) is 5.60 Å². The highest BCUT2D eigenvalue weighted by Gasteiger charge is 2.32. The fourth-order valence-electron chi connectivity index (χ4n) is 3.09. The number of nitrogens with one attached hydrogen (secondary N) is 1. The van der Waals surface area contributed by atoms with Crippen LogP contribution < -0.4 is 5.32 Å². The first-order chi connectivity index (χ1) is 7.61. The van der Waals surface area contributed by atoms with E-state index in [1.165, 1.54) is 25.7 Å². The van der Waals surface area contributed by atoms with Crippen molar-refractivity contribution in [2.45, 2.75) is 57.2 Å². The zero-order valence-corrected chi connectivity index (χ0v) is 11.0. The summed E-state index contributed by atoms with van der Waals surface area (Å²) in [4.78, 5) is 2.65. The molecule has 0 amide bonds. The fourth-order valence-corrected chi connectivity index (χ4v) is 3.09. The Morgan fingerprint density at radius 1 is 1.19 bits per heavy atom. The van der Waals surface area contributed by atoms with Crippen molar-refractivity contribution in [2.75, 3.05) is 26.7 Å². The van der Waals surface area contributed by atoms with Crippen LogP contribution in [0.15, 0.2) is 0 Å². The molecule has 2 rings (SSSR count). The van der Waals surface area contributed by atoms with Gasteiger partial charge in [0, 0.05) is 25.2 Å². The van der Waals surface area contributed by atoms with Crippen molar-refractivity contribution < 1.29 is 4.74 Å². The van der Waals surface area contributed by atoms with E-state index >= 15 is 0 Å². The molecule has 3 heteroatoms. The van der Waals surface area contributed by atoms with Gasteiger partial charge in [0.25, 0.3) is 0 Å². The highest BCUT2D eigenvalue weighted by atomic mass is 16.5. The van der Waals surface area contributed by atoms with Gasteiger partial charge < -0.3 is 10.1 Å². The largest absolute Gasteiger partial charge is 0.373 e. The molecule has 2 aliphatic rings. The van der Waals surface area contributed by atoms with Gasteiger partial charge in [0.05, 0.1) is 12.2 Å². The molecule has 0 aromatic heterocycles. The highest BCUT2D eigenvalue weighted by molar-refractivity contribution is 4.87. The van der Waals surface area contributed by atoms with Crippen LogP contribution in [0.1, 0.15) is 39.5 Å². The Kier molecular flexibility index (Phi) is 3.88. The minimum absolute atomic E-state index is 0.0537. The van der Waals surface area contributed by atoms with Crippen molar-refractivity contribution in [1.82, 2.24) is 10.2 Å². The summed E-state index contributed by atoms with van der Waals surface area (Å²) in [6.45, 7) is 7.54. The minimum Gasteiger partial charge on any atom is -0.373 e. The molecule has 0 unspecified atom stereocenters. The second-order valence-electron chi connectivity index (χ2n) is 5.87. The molecule has 0 atom stereocenters. The van der Waals surface area contributed by atoms with E-state index in [0.717, 1.165) is 31.8 Å². The van der Waals surface area contributed by atoms with Crippen LogP contribution in [-0.4, -0.2) is 49.3 Å². The Balaban J connectivity index is 1.84. The summed E-state index contributed by atoms with van der Waals surface area (Å²) in [7, 11) is 2.09. The van der Waals surface area contributed by atoms with Gasteiger partial charge in [-0.3, -0.25) is 4.90 Å². The lowest BCUT2D eigenvalue weighted by Gasteiger charge is -2.44. The number of nitrogens with zero attached hydrogens (tertiary/aromatic N) is 1. The lowest BCUT2D eigenvalue weighted by Crippen LogP contribution is -2.53. The maximum Gasteiger partial charge on any atom is 0.0753 e. The van der Waals surface area contributed by atoms with Gasteiger partial charge in [-0.15, -0.1) is 0 Å². The van der Waals surface area contributed by atoms with Gasteiger partial charge in [-0.2, -0.15) is 0 Å². The molecular weight excluding hydrogens is 200 g/mol. The van der Waals surface area contributed by atoms with E-state index in [4.69, 9.17) is 4.74 Å². The zero-order chi connectivity index (χ0) is 11.6. The highest BCUT2D eigenvalue weighted by Crippen LogP contribution is 2.27. The monoisotopic (exact) mass is 226 g/mol. The van der Waals surface area contributed by atoms with E-state index < -0.39 is 0 Å². The summed E-state index contributed by atoms with van der Waals surface area (Å²) in [5, 5.41) is 3.40. The van der Waals surface area contributed by atoms with Gasteiger partial charge in [-0.1, -0.05) is 0 Å². The van der Waals surface area contributed by atoms with Crippen molar-refractivity contribution in [2.24, 2.45) is 0 Å². The summed E-state index contributed by atoms with van der Waals surface area (Å²) in [6.07, 6.45) is 5.36. The Morgan fingerprint density at radius 2 is 1.88 bits per heavy atom. The van der Waals surface area contributed by atoms with E-state index in [9.17, 15) is 0 Å². The lowest BCUT2D eigenvalue weighted by molar-refractivity contribution is -0.101. The molecule has 2 fully saturated rings. The summed E-state index contributed by atoms with van der Waals surface area (Å²) in [5.41, 5.74) is 0.0537. The first-order valence-electron chi connectivity index (χ1n) is 6.66. The normalized spacial score (nSPS) is 36.2. The molecule has 1 saturated heterocycles. The molecule has 0 spiro atoms. The average molecular weight is 226 g/mol. The van der Waals surface area contributed by atoms with Crippen LogP contribution in [0.4, 0.5) is 0 Å². The van der Waals surface area contributed by atoms with Crippen molar-refractivity contribution in [1.29, 1.82) is 0 Å². The van der Waals surface area contributed by atoms with Crippen LogP contribution in [0.5, 0.6) is 0 Å². The molecule has 0 aromatic carbocycles. The Morgan fingerprint density at radius 3 is 2.44 bits per heavy atom. The van der Waals surface area contributed by atoms with Gasteiger partial charge in [0.15, 0.2) is 0 Å². The van der Waals surface area contributed by atoms with Crippen molar-refractivity contribution in [3.63, 3.8) is 0 Å². The summed E-state index contributed by atoms with van der Waals surface area (Å²) < 4.78 is 5.77. The molecule has 1 heterocycles. The van der Waals surface area contributed by atoms with Gasteiger partial charge in [-0.25, -0.2) is 0 Å². The molecule has 3 nitrogen and oxygen atoms in total. The molecule has 1 N–H and O–H groups in total. The predicted molar refractivity (Wildman–Crippen MR) is 66.7 cm³/mol. The van der Waals surface area contributed by atoms with Gasteiger partial charge in [0.2, 0.25) is 0 Å². The van der Waals surface area contributed by atoms with Crippen molar-refractivity contribution in [3.8, 4) is 0 Å². The second-order valence-corrected chi connectivity index (χ2v) is 5.87. The van der Waals surface area contributed by atoms with Crippen LogP contribution in [0, 0.1) is 0 Å². The van der Waals surface area contributed by atoms with Gasteiger partial charge in [-0.05, 0) is 46.6 Å². The predicted octanol–water partition coefficient (Wildman–Crippen LogP) is 1.63. The summed E-state index contributed by atoms with van der Waals surface area (Å²) in [5.74, 6) is 0. The third kappa shape index (κ3) is 2.96. The molecule has 1 aliphatic heterocycles. The quantitative estimate of drug-likeness (QED) is 0.774. The zero-order valence-electron chi connectivity index (χ0n) is 11.0.